The Bertz CT molecular complexity index is 1300. The Hall–Kier alpha value is -4.42. The Labute approximate surface area is 198 Å². The normalized spacial score (nSPS) is 12.7. The number of hydrogen-bond donors (Lipinski definition) is 2. The molecule has 9 heteroatoms. The number of aliphatic imine (C=N–C) groups is 1. The molecule has 1 amide bonds. The maximum absolute atomic E-state index is 12.1. The summed E-state index contributed by atoms with van der Waals surface area (Å²) in [5.74, 6) is 6.92. The number of hydrogen-bond acceptors (Lipinski definition) is 8. The van der Waals surface area contributed by atoms with Crippen molar-refractivity contribution in [2.45, 2.75) is 0 Å². The van der Waals surface area contributed by atoms with Crippen molar-refractivity contribution < 1.29 is 9.53 Å². The van der Waals surface area contributed by atoms with E-state index < -0.39 is 0 Å². The number of rotatable bonds is 6. The number of carbonyl (C=O) groups is 1. The number of nitrogens with zero attached hydrogens (tertiary/aromatic N) is 5. The van der Waals surface area contributed by atoms with E-state index in [-0.39, 0.29) is 5.91 Å². The van der Waals surface area contributed by atoms with Crippen molar-refractivity contribution >= 4 is 40.3 Å². The van der Waals surface area contributed by atoms with Gasteiger partial charge < -0.3 is 20.3 Å². The standard InChI is InChI=1S/C25H25N7O2/c1-31(2)13-4-5-23(33)29-19-8-11-22-21(15-19)25(27-16-26-22)30-18-6-9-20(10-7-18)34-24-12-14-32(3)17-28-24/h6-12,15-17H,13-14H2,1-3H3,(H,29,33)(H,26,27,30). The number of amides is 1. The zero-order chi connectivity index (χ0) is 23.9. The largest absolute Gasteiger partial charge is 0.439 e. The van der Waals surface area contributed by atoms with E-state index in [9.17, 15) is 4.79 Å². The average Bonchev–Trinajstić information content (AvgIpc) is 2.82. The molecule has 0 bridgehead atoms. The maximum atomic E-state index is 12.1. The van der Waals surface area contributed by atoms with Crippen LogP contribution in [-0.2, 0) is 4.79 Å². The Morgan fingerprint density at radius 2 is 1.94 bits per heavy atom. The average molecular weight is 456 g/mol. The van der Waals surface area contributed by atoms with Crippen LogP contribution in [0.15, 0.2) is 65.7 Å². The summed E-state index contributed by atoms with van der Waals surface area (Å²) in [4.78, 5) is 28.9. The first-order valence-corrected chi connectivity index (χ1v) is 10.6. The summed E-state index contributed by atoms with van der Waals surface area (Å²) in [5, 5.41) is 6.88. The second-order valence-electron chi connectivity index (χ2n) is 7.93. The van der Waals surface area contributed by atoms with Crippen LogP contribution >= 0.6 is 0 Å². The van der Waals surface area contributed by atoms with Gasteiger partial charge in [0.1, 0.15) is 17.9 Å². The summed E-state index contributed by atoms with van der Waals surface area (Å²) >= 11 is 0. The lowest BCUT2D eigenvalue weighted by Gasteiger charge is -2.16. The molecule has 0 radical (unpaired) electrons. The summed E-state index contributed by atoms with van der Waals surface area (Å²) in [6, 6.07) is 13.0. The molecule has 34 heavy (non-hydrogen) atoms. The third-order valence-corrected chi connectivity index (χ3v) is 4.77. The van der Waals surface area contributed by atoms with E-state index in [0.717, 1.165) is 23.1 Å². The maximum Gasteiger partial charge on any atom is 0.300 e. The highest BCUT2D eigenvalue weighted by molar-refractivity contribution is 6.05. The minimum absolute atomic E-state index is 0.368. The number of nitrogens with one attached hydrogen (secondary N) is 2. The highest BCUT2D eigenvalue weighted by Gasteiger charge is 2.08. The molecule has 172 valence electrons. The predicted octanol–water partition coefficient (Wildman–Crippen LogP) is 3.07. The van der Waals surface area contributed by atoms with Crippen LogP contribution < -0.4 is 15.4 Å². The van der Waals surface area contributed by atoms with Gasteiger partial charge in [-0.2, -0.15) is 0 Å². The number of aromatic nitrogens is 2. The SMILES string of the molecule is CN(C)CC#CC(=O)Nc1ccc2ncnc(Nc3ccc(OC4=CCN(C)C=N4)cc3)c2c1. The molecule has 2 heterocycles. The van der Waals surface area contributed by atoms with Crippen molar-refractivity contribution in [2.75, 3.05) is 44.9 Å². The van der Waals surface area contributed by atoms with E-state index in [2.05, 4.69) is 37.4 Å². The molecule has 0 unspecified atom stereocenters. The van der Waals surface area contributed by atoms with Crippen LogP contribution in [0.25, 0.3) is 10.9 Å². The first kappa shape index (κ1) is 22.8. The molecule has 4 rings (SSSR count). The fourth-order valence-electron chi connectivity index (χ4n) is 3.08. The lowest BCUT2D eigenvalue weighted by atomic mass is 10.2. The van der Waals surface area contributed by atoms with Crippen molar-refractivity contribution in [3.63, 3.8) is 0 Å². The highest BCUT2D eigenvalue weighted by Crippen LogP contribution is 2.27. The number of anilines is 3. The quantitative estimate of drug-likeness (QED) is 0.552. The first-order valence-electron chi connectivity index (χ1n) is 10.6. The topological polar surface area (TPSA) is 95.0 Å². The second kappa shape index (κ2) is 10.5. The molecule has 3 aromatic rings. The molecule has 0 atom stereocenters. The van der Waals surface area contributed by atoms with E-state index in [4.69, 9.17) is 4.74 Å². The zero-order valence-corrected chi connectivity index (χ0v) is 19.2. The molecule has 0 saturated heterocycles. The monoisotopic (exact) mass is 455 g/mol. The van der Waals surface area contributed by atoms with Crippen LogP contribution in [0.1, 0.15) is 0 Å². The molecule has 2 N–H and O–H groups in total. The number of benzene rings is 2. The minimum Gasteiger partial charge on any atom is -0.439 e. The number of likely N-dealkylation sites (N-methyl/N-ethyl adjacent to an activating group) is 1. The Kier molecular flexibility index (Phi) is 7.01. The van der Waals surface area contributed by atoms with E-state index in [0.29, 0.717) is 29.7 Å². The Morgan fingerprint density at radius 3 is 2.68 bits per heavy atom. The molecule has 9 nitrogen and oxygen atoms in total. The molecule has 2 aromatic carbocycles. The van der Waals surface area contributed by atoms with Gasteiger partial charge in [-0.25, -0.2) is 15.0 Å². The van der Waals surface area contributed by atoms with Gasteiger partial charge >= 0.3 is 0 Å². The van der Waals surface area contributed by atoms with Crippen LogP contribution in [-0.4, -0.2) is 66.2 Å². The molecular formula is C25H25N7O2. The molecule has 1 aliphatic heterocycles. The van der Waals surface area contributed by atoms with Gasteiger partial charge in [0.2, 0.25) is 5.88 Å². The zero-order valence-electron chi connectivity index (χ0n) is 19.2. The van der Waals surface area contributed by atoms with Crippen molar-refractivity contribution in [1.82, 2.24) is 19.8 Å². The fourth-order valence-corrected chi connectivity index (χ4v) is 3.08. The van der Waals surface area contributed by atoms with E-state index in [1.165, 1.54) is 6.33 Å². The summed E-state index contributed by atoms with van der Waals surface area (Å²) in [6.07, 6.45) is 5.15. The van der Waals surface area contributed by atoms with Crippen LogP contribution in [0.5, 0.6) is 5.75 Å². The number of carbonyl (C=O) groups excluding carboxylic acids is 1. The second-order valence-corrected chi connectivity index (χ2v) is 7.93. The molecule has 1 aromatic heterocycles. The van der Waals surface area contributed by atoms with Gasteiger partial charge in [-0.3, -0.25) is 9.69 Å². The molecule has 0 fully saturated rings. The summed E-state index contributed by atoms with van der Waals surface area (Å²) in [5.41, 5.74) is 2.20. The molecule has 0 spiro atoms. The molecule has 1 aliphatic rings. The van der Waals surface area contributed by atoms with Gasteiger partial charge in [-0.15, -0.1) is 0 Å². The van der Waals surface area contributed by atoms with E-state index in [1.807, 2.05) is 73.4 Å². The molecule has 0 saturated carbocycles. The highest BCUT2D eigenvalue weighted by atomic mass is 16.5. The van der Waals surface area contributed by atoms with Gasteiger partial charge in [-0.05, 0) is 68.6 Å². The molecular weight excluding hydrogens is 430 g/mol. The lowest BCUT2D eigenvalue weighted by Crippen LogP contribution is -2.20. The smallest absolute Gasteiger partial charge is 0.300 e. The minimum atomic E-state index is -0.368. The van der Waals surface area contributed by atoms with Crippen LogP contribution in [0.4, 0.5) is 17.2 Å². The van der Waals surface area contributed by atoms with E-state index in [1.54, 1.807) is 12.4 Å². The fraction of sp³-hybridized carbons (Fsp3) is 0.200. The number of fused-ring (bicyclic) bond motifs is 1. The first-order chi connectivity index (χ1) is 16.5. The van der Waals surface area contributed by atoms with Crippen LogP contribution in [0.3, 0.4) is 0 Å². The third kappa shape index (κ3) is 6.09. The summed E-state index contributed by atoms with van der Waals surface area (Å²) in [6.45, 7) is 1.27. The number of ether oxygens (including phenoxy) is 1. The van der Waals surface area contributed by atoms with Gasteiger partial charge in [0.25, 0.3) is 5.91 Å². The Balaban J connectivity index is 1.47. The van der Waals surface area contributed by atoms with Crippen LogP contribution in [0, 0.1) is 11.8 Å². The summed E-state index contributed by atoms with van der Waals surface area (Å²) in [7, 11) is 5.74. The van der Waals surface area contributed by atoms with Crippen molar-refractivity contribution in [3.05, 3.63) is 60.8 Å². The predicted molar refractivity (Wildman–Crippen MR) is 134 cm³/mol. The van der Waals surface area contributed by atoms with Gasteiger partial charge in [0, 0.05) is 30.4 Å². The van der Waals surface area contributed by atoms with Crippen molar-refractivity contribution in [2.24, 2.45) is 4.99 Å². The van der Waals surface area contributed by atoms with E-state index >= 15 is 0 Å². The Morgan fingerprint density at radius 1 is 1.15 bits per heavy atom. The van der Waals surface area contributed by atoms with Gasteiger partial charge in [-0.1, -0.05) is 5.92 Å². The third-order valence-electron chi connectivity index (χ3n) is 4.77. The van der Waals surface area contributed by atoms with Gasteiger partial charge in [0.15, 0.2) is 0 Å². The summed E-state index contributed by atoms with van der Waals surface area (Å²) < 4.78 is 5.80. The van der Waals surface area contributed by atoms with Crippen molar-refractivity contribution in [1.29, 1.82) is 0 Å². The van der Waals surface area contributed by atoms with Crippen molar-refractivity contribution in [3.8, 4) is 17.6 Å². The lowest BCUT2D eigenvalue weighted by molar-refractivity contribution is -0.111. The molecule has 0 aliphatic carbocycles. The van der Waals surface area contributed by atoms with Crippen LogP contribution in [0.2, 0.25) is 0 Å². The van der Waals surface area contributed by atoms with Gasteiger partial charge in [0.05, 0.1) is 18.4 Å².